The van der Waals surface area contributed by atoms with Gasteiger partial charge < -0.3 is 10.2 Å². The molecule has 0 aliphatic carbocycles. The van der Waals surface area contributed by atoms with Gasteiger partial charge in [-0.3, -0.25) is 0 Å². The molecule has 0 amide bonds. The Morgan fingerprint density at radius 3 is 1.65 bits per heavy atom. The Hall–Kier alpha value is -3.01. The third kappa shape index (κ3) is 5.63. The van der Waals surface area contributed by atoms with Crippen LogP contribution in [0.2, 0.25) is 0 Å². The van der Waals surface area contributed by atoms with Gasteiger partial charge in [-0.05, 0) is 42.8 Å². The fourth-order valence-corrected chi connectivity index (χ4v) is 3.82. The first-order valence-corrected chi connectivity index (χ1v) is 9.91. The number of nitrogens with zero attached hydrogens (tertiary/aromatic N) is 2. The molecule has 204 valence electrons. The summed E-state index contributed by atoms with van der Waals surface area (Å²) in [7, 11) is 0. The smallest absolute Gasteiger partial charge is 0.388 e. The predicted octanol–water partition coefficient (Wildman–Crippen LogP) is 6.63. The predicted molar refractivity (Wildman–Crippen MR) is 103 cm³/mol. The van der Waals surface area contributed by atoms with Gasteiger partial charge in [-0.2, -0.15) is 57.8 Å². The fourth-order valence-electron chi connectivity index (χ4n) is 3.82. The minimum atomic E-state index is -5.41. The van der Waals surface area contributed by atoms with Gasteiger partial charge in [0.15, 0.2) is 6.23 Å². The highest BCUT2D eigenvalue weighted by Crippen LogP contribution is 2.46. The highest BCUT2D eigenvalue weighted by atomic mass is 19.4. The first kappa shape index (κ1) is 28.6. The van der Waals surface area contributed by atoms with Crippen molar-refractivity contribution in [1.82, 2.24) is 0 Å². The van der Waals surface area contributed by atoms with Crippen molar-refractivity contribution >= 4 is 11.4 Å². The lowest BCUT2D eigenvalue weighted by atomic mass is 9.87. The molecule has 37 heavy (non-hydrogen) atoms. The zero-order chi connectivity index (χ0) is 28.3. The van der Waals surface area contributed by atoms with E-state index in [9.17, 15) is 62.9 Å². The van der Waals surface area contributed by atoms with E-state index < -0.39 is 82.2 Å². The lowest BCUT2D eigenvalue weighted by molar-refractivity contribution is -0.145. The van der Waals surface area contributed by atoms with Crippen molar-refractivity contribution in [3.05, 3.63) is 64.2 Å². The van der Waals surface area contributed by atoms with Crippen LogP contribution in [0, 0.1) is 5.92 Å². The van der Waals surface area contributed by atoms with Crippen LogP contribution in [-0.2, 0) is 24.7 Å². The molecule has 0 saturated heterocycles. The molecule has 3 atom stereocenters. The quantitative estimate of drug-likeness (QED) is 0.419. The van der Waals surface area contributed by atoms with Crippen LogP contribution < -0.4 is 5.01 Å². The van der Waals surface area contributed by atoms with Crippen molar-refractivity contribution in [3.63, 3.8) is 0 Å². The summed E-state index contributed by atoms with van der Waals surface area (Å²) < 4.78 is 159. The van der Waals surface area contributed by atoms with Gasteiger partial charge in [0.25, 0.3) is 0 Å². The van der Waals surface area contributed by atoms with Crippen LogP contribution in [0.5, 0.6) is 0 Å². The van der Waals surface area contributed by atoms with Gasteiger partial charge in [0.2, 0.25) is 0 Å². The minimum absolute atomic E-state index is 0.170. The summed E-state index contributed by atoms with van der Waals surface area (Å²) in [6.07, 6.45) is -25.9. The van der Waals surface area contributed by atoms with Gasteiger partial charge in [-0.1, -0.05) is 6.07 Å². The molecule has 1 aliphatic rings. The summed E-state index contributed by atoms with van der Waals surface area (Å²) in [6.45, 7) is 0.992. The molecule has 1 heterocycles. The van der Waals surface area contributed by atoms with Gasteiger partial charge in [0.1, 0.15) is 0 Å². The number of rotatable bonds is 3. The Labute approximate surface area is 199 Å². The van der Waals surface area contributed by atoms with Crippen molar-refractivity contribution in [2.75, 3.05) is 5.01 Å². The maximum absolute atomic E-state index is 13.5. The Kier molecular flexibility index (Phi) is 7.01. The molecule has 0 spiro atoms. The summed E-state index contributed by atoms with van der Waals surface area (Å²) in [5, 5.41) is 25.0. The normalized spacial score (nSPS) is 20.3. The van der Waals surface area contributed by atoms with E-state index in [0.717, 1.165) is 6.92 Å². The molecule has 0 radical (unpaired) electrons. The second-order valence-corrected chi connectivity index (χ2v) is 8.00. The van der Waals surface area contributed by atoms with Crippen LogP contribution in [0.4, 0.5) is 58.4 Å². The molecular weight excluding hydrogens is 540 g/mol. The van der Waals surface area contributed by atoms with E-state index in [1.807, 2.05) is 0 Å². The van der Waals surface area contributed by atoms with Crippen LogP contribution in [0.25, 0.3) is 0 Å². The summed E-state index contributed by atoms with van der Waals surface area (Å²) >= 11 is 0. The molecule has 16 heteroatoms. The maximum Gasteiger partial charge on any atom is 0.418 e. The second-order valence-electron chi connectivity index (χ2n) is 8.00. The van der Waals surface area contributed by atoms with Crippen molar-refractivity contribution in [2.45, 2.75) is 44.0 Å². The third-order valence-electron chi connectivity index (χ3n) is 5.54. The van der Waals surface area contributed by atoms with Crippen LogP contribution in [0.3, 0.4) is 0 Å². The highest BCUT2D eigenvalue weighted by molar-refractivity contribution is 5.89. The van der Waals surface area contributed by atoms with Crippen molar-refractivity contribution in [1.29, 1.82) is 0 Å². The average Bonchev–Trinajstić information content (AvgIpc) is 3.03. The molecule has 2 aromatic carbocycles. The van der Waals surface area contributed by atoms with Gasteiger partial charge >= 0.3 is 24.7 Å². The summed E-state index contributed by atoms with van der Waals surface area (Å²) in [6, 6.07) is 0.592. The van der Waals surface area contributed by atoms with E-state index in [-0.39, 0.29) is 29.3 Å². The SMILES string of the molecule is CC1=NN(c2ccc(C(F)(F)F)cc2C(F)(F)F)C(O)C1C(O)c1ccc(C(F)(F)F)cc1C(F)(F)F. The molecule has 4 nitrogen and oxygen atoms in total. The van der Waals surface area contributed by atoms with Crippen molar-refractivity contribution in [3.8, 4) is 0 Å². The molecule has 2 N–H and O–H groups in total. The van der Waals surface area contributed by atoms with Crippen LogP contribution in [0.1, 0.15) is 40.8 Å². The summed E-state index contributed by atoms with van der Waals surface area (Å²) in [4.78, 5) is 0. The van der Waals surface area contributed by atoms with E-state index in [1.54, 1.807) is 0 Å². The second kappa shape index (κ2) is 9.08. The van der Waals surface area contributed by atoms with E-state index >= 15 is 0 Å². The highest BCUT2D eigenvalue weighted by Gasteiger charge is 2.47. The van der Waals surface area contributed by atoms with E-state index in [2.05, 4.69) is 5.10 Å². The van der Waals surface area contributed by atoms with Crippen molar-refractivity contribution in [2.24, 2.45) is 11.0 Å². The zero-order valence-corrected chi connectivity index (χ0v) is 18.0. The Morgan fingerprint density at radius 1 is 0.730 bits per heavy atom. The van der Waals surface area contributed by atoms with Crippen molar-refractivity contribution < 1.29 is 62.9 Å². The number of halogens is 12. The number of hydrogen-bond acceptors (Lipinski definition) is 4. The molecule has 0 fully saturated rings. The number of anilines is 1. The summed E-state index contributed by atoms with van der Waals surface area (Å²) in [5.74, 6) is -1.90. The van der Waals surface area contributed by atoms with Crippen LogP contribution in [-0.4, -0.2) is 22.2 Å². The molecule has 3 rings (SSSR count). The maximum atomic E-state index is 13.5. The van der Waals surface area contributed by atoms with E-state index in [4.69, 9.17) is 0 Å². The minimum Gasteiger partial charge on any atom is -0.388 e. The standard InChI is InChI=1S/C21H14F12N2O2/c1-8-15(16(36)11-4-2-9(18(22,23)24)6-12(11)20(28,29)30)17(37)35(34-8)14-5-3-10(19(25,26)27)7-13(14)21(31,32)33/h2-7,15-17,36-37H,1H3. The number of benzene rings is 2. The molecule has 0 saturated carbocycles. The monoisotopic (exact) mass is 554 g/mol. The fraction of sp³-hybridized carbons (Fsp3) is 0.381. The first-order valence-electron chi connectivity index (χ1n) is 9.91. The molecule has 0 bridgehead atoms. The molecule has 2 aromatic rings. The van der Waals surface area contributed by atoms with Gasteiger partial charge in [0.05, 0.1) is 40.0 Å². The molecule has 1 aliphatic heterocycles. The van der Waals surface area contributed by atoms with Gasteiger partial charge in [0, 0.05) is 5.71 Å². The lowest BCUT2D eigenvalue weighted by Crippen LogP contribution is -2.37. The van der Waals surface area contributed by atoms with E-state index in [0.29, 0.717) is 12.1 Å². The number of hydrazone groups is 1. The summed E-state index contributed by atoms with van der Waals surface area (Å²) in [5.41, 5.74) is -9.88. The molecular formula is C21H14F12N2O2. The Morgan fingerprint density at radius 2 is 1.19 bits per heavy atom. The number of alkyl halides is 12. The zero-order valence-electron chi connectivity index (χ0n) is 18.0. The van der Waals surface area contributed by atoms with E-state index in [1.165, 1.54) is 0 Å². The topological polar surface area (TPSA) is 56.1 Å². The van der Waals surface area contributed by atoms with Gasteiger partial charge in [-0.15, -0.1) is 0 Å². The first-order chi connectivity index (χ1) is 16.6. The Bertz CT molecular complexity index is 1200. The lowest BCUT2D eigenvalue weighted by Gasteiger charge is -2.29. The Balaban J connectivity index is 2.07. The number of aliphatic hydroxyl groups is 2. The average molecular weight is 554 g/mol. The van der Waals surface area contributed by atoms with Gasteiger partial charge in [-0.25, -0.2) is 5.01 Å². The molecule has 0 aromatic heterocycles. The largest absolute Gasteiger partial charge is 0.418 e. The van der Waals surface area contributed by atoms with Crippen LogP contribution in [0.15, 0.2) is 41.5 Å². The molecule has 3 unspecified atom stereocenters. The number of hydrogen-bond donors (Lipinski definition) is 2. The number of aliphatic hydroxyl groups excluding tert-OH is 2. The third-order valence-corrected chi connectivity index (χ3v) is 5.54. The van der Waals surface area contributed by atoms with Crippen LogP contribution >= 0.6 is 0 Å².